The van der Waals surface area contributed by atoms with Crippen LogP contribution in [0.3, 0.4) is 0 Å². The van der Waals surface area contributed by atoms with Crippen molar-refractivity contribution in [1.82, 2.24) is 4.90 Å². The van der Waals surface area contributed by atoms with Gasteiger partial charge in [0.2, 0.25) is 0 Å². The second kappa shape index (κ2) is 6.18. The van der Waals surface area contributed by atoms with Crippen molar-refractivity contribution < 1.29 is 9.72 Å². The zero-order valence-electron chi connectivity index (χ0n) is 13.5. The van der Waals surface area contributed by atoms with E-state index in [-0.39, 0.29) is 17.2 Å². The highest BCUT2D eigenvalue weighted by molar-refractivity contribution is 5.99. The molecule has 0 spiro atoms. The molecule has 1 aromatic rings. The number of carbonyl (C=O) groups excluding carboxylic acids is 1. The number of benzene rings is 1. The molecule has 0 radical (unpaired) electrons. The van der Waals surface area contributed by atoms with Crippen LogP contribution in [0.2, 0.25) is 0 Å². The van der Waals surface area contributed by atoms with Gasteiger partial charge in [0.1, 0.15) is 5.56 Å². The van der Waals surface area contributed by atoms with Crippen molar-refractivity contribution in [3.05, 3.63) is 33.9 Å². The van der Waals surface area contributed by atoms with Crippen LogP contribution in [0.1, 0.15) is 49.4 Å². The van der Waals surface area contributed by atoms with Gasteiger partial charge in [-0.25, -0.2) is 0 Å². The molecule has 1 saturated heterocycles. The molecule has 1 heterocycles. The normalized spacial score (nSPS) is 18.7. The third kappa shape index (κ3) is 3.30. The lowest BCUT2D eigenvalue weighted by atomic mass is 10.0. The Balaban J connectivity index is 1.81. The van der Waals surface area contributed by atoms with Gasteiger partial charge in [-0.15, -0.1) is 0 Å². The number of hydrogen-bond donors (Lipinski definition) is 1. The summed E-state index contributed by atoms with van der Waals surface area (Å²) in [7, 11) is 0. The number of anilines is 1. The summed E-state index contributed by atoms with van der Waals surface area (Å²) in [5, 5.41) is 14.6. The minimum Gasteiger partial charge on any atom is -0.384 e. The van der Waals surface area contributed by atoms with Gasteiger partial charge >= 0.3 is 0 Å². The van der Waals surface area contributed by atoms with Crippen molar-refractivity contribution in [2.45, 2.75) is 39.0 Å². The minimum atomic E-state index is -0.471. The van der Waals surface area contributed by atoms with Gasteiger partial charge in [-0.1, -0.05) is 6.92 Å². The summed E-state index contributed by atoms with van der Waals surface area (Å²) in [6.07, 6.45) is 5.52. The van der Waals surface area contributed by atoms with E-state index < -0.39 is 4.92 Å². The first-order valence-electron chi connectivity index (χ1n) is 8.36. The molecule has 2 fully saturated rings. The molecule has 0 bridgehead atoms. The maximum Gasteiger partial charge on any atom is 0.282 e. The van der Waals surface area contributed by atoms with Crippen LogP contribution in [0, 0.1) is 15.5 Å². The summed E-state index contributed by atoms with van der Waals surface area (Å²) in [5.74, 6) is -0.227. The minimum absolute atomic E-state index is 0.107. The summed E-state index contributed by atoms with van der Waals surface area (Å²) in [6.45, 7) is 4.42. The van der Waals surface area contributed by atoms with Crippen LogP contribution in [0.5, 0.6) is 0 Å². The van der Waals surface area contributed by atoms with E-state index in [1.165, 1.54) is 18.9 Å². The van der Waals surface area contributed by atoms with Gasteiger partial charge in [-0.05, 0) is 49.7 Å². The topological polar surface area (TPSA) is 75.5 Å². The van der Waals surface area contributed by atoms with E-state index in [1.54, 1.807) is 17.0 Å². The average molecular weight is 317 g/mol. The summed E-state index contributed by atoms with van der Waals surface area (Å²) < 4.78 is 0. The largest absolute Gasteiger partial charge is 0.384 e. The quantitative estimate of drug-likeness (QED) is 0.644. The number of nitrogens with one attached hydrogen (secondary N) is 1. The molecular weight excluding hydrogens is 294 g/mol. The van der Waals surface area contributed by atoms with Crippen LogP contribution in [-0.2, 0) is 0 Å². The lowest BCUT2D eigenvalue weighted by Gasteiger charge is -2.17. The highest BCUT2D eigenvalue weighted by Crippen LogP contribution is 2.48. The fraction of sp³-hybridized carbons (Fsp3) is 0.588. The van der Waals surface area contributed by atoms with Crippen LogP contribution < -0.4 is 5.32 Å². The highest BCUT2D eigenvalue weighted by Gasteiger charge is 2.40. The van der Waals surface area contributed by atoms with Crippen molar-refractivity contribution in [2.75, 3.05) is 25.0 Å². The zero-order valence-corrected chi connectivity index (χ0v) is 13.5. The summed E-state index contributed by atoms with van der Waals surface area (Å²) in [5.41, 5.74) is 1.26. The molecule has 0 atom stereocenters. The smallest absolute Gasteiger partial charge is 0.282 e. The fourth-order valence-electron chi connectivity index (χ4n) is 3.19. The van der Waals surface area contributed by atoms with E-state index in [4.69, 9.17) is 0 Å². The van der Waals surface area contributed by atoms with E-state index in [0.717, 1.165) is 31.5 Å². The molecule has 1 aliphatic carbocycles. The Bertz CT molecular complexity index is 620. The molecule has 1 N–H and O–H groups in total. The Morgan fingerprint density at radius 3 is 2.61 bits per heavy atom. The van der Waals surface area contributed by atoms with Crippen molar-refractivity contribution in [1.29, 1.82) is 0 Å². The highest BCUT2D eigenvalue weighted by atomic mass is 16.6. The van der Waals surface area contributed by atoms with Gasteiger partial charge in [0.25, 0.3) is 11.6 Å². The standard InChI is InChI=1S/C17H23N3O3/c1-2-17(7-8-17)12-18-13-5-6-15(20(22)23)14(11-13)16(21)19-9-3-4-10-19/h5-6,11,18H,2-4,7-10,12H2,1H3. The molecule has 3 rings (SSSR count). The average Bonchev–Trinajstić information content (AvgIpc) is 3.14. The fourth-order valence-corrected chi connectivity index (χ4v) is 3.19. The number of hydrogen-bond acceptors (Lipinski definition) is 4. The van der Waals surface area contributed by atoms with E-state index in [2.05, 4.69) is 12.2 Å². The first kappa shape index (κ1) is 15.8. The van der Waals surface area contributed by atoms with Gasteiger partial charge < -0.3 is 10.2 Å². The van der Waals surface area contributed by atoms with E-state index in [0.29, 0.717) is 18.5 Å². The second-order valence-electron chi connectivity index (χ2n) is 6.70. The molecule has 1 amide bonds. The van der Waals surface area contributed by atoms with Gasteiger partial charge in [0, 0.05) is 31.4 Å². The lowest BCUT2D eigenvalue weighted by Crippen LogP contribution is -2.28. The number of nitrogens with zero attached hydrogens (tertiary/aromatic N) is 2. The van der Waals surface area contributed by atoms with Gasteiger partial charge in [-0.2, -0.15) is 0 Å². The Kier molecular flexibility index (Phi) is 4.24. The molecule has 124 valence electrons. The molecule has 6 nitrogen and oxygen atoms in total. The molecular formula is C17H23N3O3. The number of rotatable bonds is 6. The molecule has 2 aliphatic rings. The first-order chi connectivity index (χ1) is 11.0. The van der Waals surface area contributed by atoms with E-state index >= 15 is 0 Å². The number of amides is 1. The maximum atomic E-state index is 12.6. The Morgan fingerprint density at radius 2 is 2.04 bits per heavy atom. The Labute approximate surface area is 136 Å². The van der Waals surface area contributed by atoms with Gasteiger partial charge in [0.15, 0.2) is 0 Å². The first-order valence-corrected chi connectivity index (χ1v) is 8.36. The summed E-state index contributed by atoms with van der Waals surface area (Å²) in [6, 6.07) is 4.78. The van der Waals surface area contributed by atoms with Crippen LogP contribution in [0.25, 0.3) is 0 Å². The van der Waals surface area contributed by atoms with Crippen molar-refractivity contribution in [3.8, 4) is 0 Å². The SMILES string of the molecule is CCC1(CNc2ccc([N+](=O)[O-])c(C(=O)N3CCCC3)c2)CC1. The molecule has 23 heavy (non-hydrogen) atoms. The lowest BCUT2D eigenvalue weighted by molar-refractivity contribution is -0.385. The van der Waals surface area contributed by atoms with Crippen molar-refractivity contribution in [3.63, 3.8) is 0 Å². The Hall–Kier alpha value is -2.11. The van der Waals surface area contributed by atoms with Crippen LogP contribution in [0.4, 0.5) is 11.4 Å². The molecule has 6 heteroatoms. The maximum absolute atomic E-state index is 12.6. The van der Waals surface area contributed by atoms with E-state index in [1.807, 2.05) is 0 Å². The van der Waals surface area contributed by atoms with Gasteiger partial charge in [-0.3, -0.25) is 14.9 Å². The monoisotopic (exact) mass is 317 g/mol. The van der Waals surface area contributed by atoms with Crippen molar-refractivity contribution >= 4 is 17.3 Å². The predicted molar refractivity (Wildman–Crippen MR) is 88.7 cm³/mol. The number of likely N-dealkylation sites (tertiary alicyclic amines) is 1. The van der Waals surface area contributed by atoms with Crippen LogP contribution >= 0.6 is 0 Å². The molecule has 0 aromatic heterocycles. The number of carbonyl (C=O) groups is 1. The summed E-state index contributed by atoms with van der Waals surface area (Å²) in [4.78, 5) is 25.1. The molecule has 1 saturated carbocycles. The third-order valence-electron chi connectivity index (χ3n) is 5.19. The van der Waals surface area contributed by atoms with Crippen molar-refractivity contribution in [2.24, 2.45) is 5.41 Å². The van der Waals surface area contributed by atoms with Crippen LogP contribution in [-0.4, -0.2) is 35.4 Å². The number of nitro groups is 1. The second-order valence-corrected chi connectivity index (χ2v) is 6.70. The number of nitro benzene ring substituents is 1. The van der Waals surface area contributed by atoms with Gasteiger partial charge in [0.05, 0.1) is 4.92 Å². The molecule has 0 unspecified atom stereocenters. The molecule has 1 aliphatic heterocycles. The Morgan fingerprint density at radius 1 is 1.35 bits per heavy atom. The van der Waals surface area contributed by atoms with Crippen LogP contribution in [0.15, 0.2) is 18.2 Å². The van der Waals surface area contributed by atoms with E-state index in [9.17, 15) is 14.9 Å². The molecule has 1 aromatic carbocycles. The summed E-state index contributed by atoms with van der Waals surface area (Å²) >= 11 is 0. The third-order valence-corrected chi connectivity index (χ3v) is 5.19. The zero-order chi connectivity index (χ0) is 16.4. The predicted octanol–water partition coefficient (Wildman–Crippen LogP) is 3.43.